The molecule has 1 aromatic carbocycles. The van der Waals surface area contributed by atoms with Gasteiger partial charge in [0, 0.05) is 12.1 Å². The summed E-state index contributed by atoms with van der Waals surface area (Å²) in [5.41, 5.74) is -0.282. The van der Waals surface area contributed by atoms with Gasteiger partial charge in [0.05, 0.1) is 4.92 Å². The SMILES string of the molecule is Cc1nc(Cl)nc(NCc2cc(F)ccc2F)c1[N+](=O)[O-]. The Morgan fingerprint density at radius 2 is 2.10 bits per heavy atom. The second kappa shape index (κ2) is 5.96. The fourth-order valence-corrected chi connectivity index (χ4v) is 1.94. The molecule has 1 heterocycles. The largest absolute Gasteiger partial charge is 0.360 e. The van der Waals surface area contributed by atoms with Crippen molar-refractivity contribution in [3.63, 3.8) is 0 Å². The molecule has 0 bridgehead atoms. The first-order valence-corrected chi connectivity index (χ1v) is 6.12. The van der Waals surface area contributed by atoms with Crippen molar-refractivity contribution in [2.24, 2.45) is 0 Å². The molecule has 9 heteroatoms. The number of anilines is 1. The number of hydrogen-bond donors (Lipinski definition) is 1. The third-order valence-corrected chi connectivity index (χ3v) is 2.84. The summed E-state index contributed by atoms with van der Waals surface area (Å²) < 4.78 is 26.5. The molecule has 0 unspecified atom stereocenters. The van der Waals surface area contributed by atoms with Crippen molar-refractivity contribution >= 4 is 23.1 Å². The summed E-state index contributed by atoms with van der Waals surface area (Å²) in [6, 6.07) is 2.94. The maximum Gasteiger partial charge on any atom is 0.332 e. The lowest BCUT2D eigenvalue weighted by Crippen LogP contribution is -2.08. The Morgan fingerprint density at radius 3 is 2.76 bits per heavy atom. The predicted octanol–water partition coefficient (Wildman–Crippen LogP) is 3.24. The minimum Gasteiger partial charge on any atom is -0.360 e. The van der Waals surface area contributed by atoms with E-state index in [0.717, 1.165) is 18.2 Å². The first-order valence-electron chi connectivity index (χ1n) is 5.75. The van der Waals surface area contributed by atoms with E-state index in [-0.39, 0.29) is 34.6 Å². The number of nitrogens with zero attached hydrogens (tertiary/aromatic N) is 3. The number of aromatic nitrogens is 2. The average Bonchev–Trinajstić information content (AvgIpc) is 2.38. The zero-order valence-corrected chi connectivity index (χ0v) is 11.5. The second-order valence-electron chi connectivity index (χ2n) is 4.12. The molecule has 0 radical (unpaired) electrons. The van der Waals surface area contributed by atoms with Crippen molar-refractivity contribution in [2.45, 2.75) is 13.5 Å². The lowest BCUT2D eigenvalue weighted by atomic mass is 10.2. The molecule has 110 valence electrons. The standard InChI is InChI=1S/C12H9ClF2N4O2/c1-6-10(19(20)21)11(18-12(13)17-6)16-5-7-4-8(14)2-3-9(7)15/h2-4H,5H2,1H3,(H,16,17,18). The maximum absolute atomic E-state index is 13.5. The van der Waals surface area contributed by atoms with E-state index in [4.69, 9.17) is 11.6 Å². The van der Waals surface area contributed by atoms with E-state index < -0.39 is 16.6 Å². The van der Waals surface area contributed by atoms with Gasteiger partial charge in [-0.05, 0) is 36.7 Å². The van der Waals surface area contributed by atoms with Crippen molar-refractivity contribution in [1.82, 2.24) is 9.97 Å². The van der Waals surface area contributed by atoms with E-state index in [1.807, 2.05) is 0 Å². The van der Waals surface area contributed by atoms with Crippen LogP contribution in [0.2, 0.25) is 5.28 Å². The Morgan fingerprint density at radius 1 is 1.38 bits per heavy atom. The van der Waals surface area contributed by atoms with E-state index in [9.17, 15) is 18.9 Å². The smallest absolute Gasteiger partial charge is 0.332 e. The van der Waals surface area contributed by atoms with Crippen LogP contribution in [0.25, 0.3) is 0 Å². The Balaban J connectivity index is 2.31. The minimum absolute atomic E-state index is 0.0108. The molecule has 0 aliphatic carbocycles. The third-order valence-electron chi connectivity index (χ3n) is 2.67. The van der Waals surface area contributed by atoms with Crippen LogP contribution >= 0.6 is 11.6 Å². The number of nitro groups is 1. The highest BCUT2D eigenvalue weighted by Gasteiger charge is 2.21. The van der Waals surface area contributed by atoms with Gasteiger partial charge in [0.15, 0.2) is 0 Å². The highest BCUT2D eigenvalue weighted by atomic mass is 35.5. The van der Waals surface area contributed by atoms with Crippen LogP contribution in [0.1, 0.15) is 11.3 Å². The number of hydrogen-bond acceptors (Lipinski definition) is 5. The van der Waals surface area contributed by atoms with Gasteiger partial charge in [0.1, 0.15) is 17.3 Å². The molecule has 0 amide bonds. The summed E-state index contributed by atoms with van der Waals surface area (Å²) in [6.07, 6.45) is 0. The van der Waals surface area contributed by atoms with Crippen molar-refractivity contribution in [3.8, 4) is 0 Å². The first kappa shape index (κ1) is 15.0. The second-order valence-corrected chi connectivity index (χ2v) is 4.46. The van der Waals surface area contributed by atoms with Crippen LogP contribution in [0.15, 0.2) is 18.2 Å². The topological polar surface area (TPSA) is 81.0 Å². The first-order chi connectivity index (χ1) is 9.88. The molecule has 1 N–H and O–H groups in total. The summed E-state index contributed by atoms with van der Waals surface area (Å²) in [7, 11) is 0. The van der Waals surface area contributed by atoms with Gasteiger partial charge >= 0.3 is 5.69 Å². The van der Waals surface area contributed by atoms with Crippen LogP contribution in [0.3, 0.4) is 0 Å². The molecular weight excluding hydrogens is 306 g/mol. The normalized spacial score (nSPS) is 10.5. The van der Waals surface area contributed by atoms with Crippen molar-refractivity contribution in [3.05, 3.63) is 56.5 Å². The highest BCUT2D eigenvalue weighted by molar-refractivity contribution is 6.28. The van der Waals surface area contributed by atoms with Crippen LogP contribution in [0, 0.1) is 28.7 Å². The van der Waals surface area contributed by atoms with Crippen molar-refractivity contribution in [1.29, 1.82) is 0 Å². The van der Waals surface area contributed by atoms with Crippen molar-refractivity contribution in [2.75, 3.05) is 5.32 Å². The van der Waals surface area contributed by atoms with Gasteiger partial charge in [-0.25, -0.2) is 13.8 Å². The Kier molecular flexibility index (Phi) is 4.27. The van der Waals surface area contributed by atoms with Gasteiger partial charge in [0.2, 0.25) is 11.1 Å². The van der Waals surface area contributed by atoms with Gasteiger partial charge in [0.25, 0.3) is 0 Å². The zero-order chi connectivity index (χ0) is 15.6. The molecule has 0 spiro atoms. The lowest BCUT2D eigenvalue weighted by molar-refractivity contribution is -0.385. The van der Waals surface area contributed by atoms with E-state index in [2.05, 4.69) is 15.3 Å². The van der Waals surface area contributed by atoms with E-state index in [1.54, 1.807) is 0 Å². The van der Waals surface area contributed by atoms with Gasteiger partial charge in [-0.3, -0.25) is 10.1 Å². The van der Waals surface area contributed by atoms with E-state index in [0.29, 0.717) is 0 Å². The van der Waals surface area contributed by atoms with Gasteiger partial charge < -0.3 is 5.32 Å². The van der Waals surface area contributed by atoms with Crippen LogP contribution in [-0.4, -0.2) is 14.9 Å². The monoisotopic (exact) mass is 314 g/mol. The molecule has 21 heavy (non-hydrogen) atoms. The Labute approximate surface area is 122 Å². The zero-order valence-electron chi connectivity index (χ0n) is 10.7. The number of benzene rings is 1. The Bertz CT molecular complexity index is 712. The minimum atomic E-state index is -0.671. The fraction of sp³-hybridized carbons (Fsp3) is 0.167. The molecule has 0 atom stereocenters. The fourth-order valence-electron chi connectivity index (χ4n) is 1.73. The third kappa shape index (κ3) is 3.40. The number of aryl methyl sites for hydroxylation is 1. The summed E-state index contributed by atoms with van der Waals surface area (Å²) in [4.78, 5) is 17.7. The molecular formula is C12H9ClF2N4O2. The predicted molar refractivity (Wildman–Crippen MR) is 72.1 cm³/mol. The summed E-state index contributed by atoms with van der Waals surface area (Å²) in [5.74, 6) is -1.40. The summed E-state index contributed by atoms with van der Waals surface area (Å²) >= 11 is 5.65. The molecule has 6 nitrogen and oxygen atoms in total. The summed E-state index contributed by atoms with van der Waals surface area (Å²) in [5, 5.41) is 13.4. The molecule has 1 aromatic heterocycles. The molecule has 0 aliphatic heterocycles. The van der Waals surface area contributed by atoms with Crippen LogP contribution in [-0.2, 0) is 6.54 Å². The number of nitrogens with one attached hydrogen (secondary N) is 1. The van der Waals surface area contributed by atoms with Crippen LogP contribution in [0.5, 0.6) is 0 Å². The molecule has 0 fully saturated rings. The lowest BCUT2D eigenvalue weighted by Gasteiger charge is -2.08. The van der Waals surface area contributed by atoms with Gasteiger partial charge in [-0.15, -0.1) is 0 Å². The average molecular weight is 315 g/mol. The number of halogens is 3. The Hall–Kier alpha value is -2.35. The molecule has 2 aromatic rings. The van der Waals surface area contributed by atoms with Gasteiger partial charge in [-0.1, -0.05) is 0 Å². The highest BCUT2D eigenvalue weighted by Crippen LogP contribution is 2.27. The van der Waals surface area contributed by atoms with Crippen LogP contribution < -0.4 is 5.32 Å². The van der Waals surface area contributed by atoms with E-state index >= 15 is 0 Å². The van der Waals surface area contributed by atoms with E-state index in [1.165, 1.54) is 6.92 Å². The molecule has 2 rings (SSSR count). The maximum atomic E-state index is 13.5. The number of rotatable bonds is 4. The molecule has 0 saturated heterocycles. The molecule has 0 saturated carbocycles. The van der Waals surface area contributed by atoms with Crippen LogP contribution in [0.4, 0.5) is 20.3 Å². The van der Waals surface area contributed by atoms with Gasteiger partial charge in [-0.2, -0.15) is 4.98 Å². The van der Waals surface area contributed by atoms with Crippen molar-refractivity contribution < 1.29 is 13.7 Å². The quantitative estimate of drug-likeness (QED) is 0.532. The molecule has 0 aliphatic rings. The summed E-state index contributed by atoms with van der Waals surface area (Å²) in [6.45, 7) is 1.22.